The Morgan fingerprint density at radius 1 is 0.301 bits per heavy atom. The summed E-state index contributed by atoms with van der Waals surface area (Å²) in [5, 5.41) is 10.3. The average Bonchev–Trinajstić information content (AvgIpc) is 0.777. The molecule has 0 spiro atoms. The predicted octanol–water partition coefficient (Wildman–Crippen LogP) is 13.5. The maximum atomic E-state index is 14.8. The Hall–Kier alpha value is -9.55. The van der Waals surface area contributed by atoms with Crippen molar-refractivity contribution in [2.45, 2.75) is 128 Å². The molecular formula is C88H94O23S2. The second-order valence-electron chi connectivity index (χ2n) is 26.7. The zero-order chi connectivity index (χ0) is 78.8. The molecule has 0 aliphatic carbocycles. The van der Waals surface area contributed by atoms with E-state index in [9.17, 15) is 19.5 Å². The maximum absolute atomic E-state index is 14.8. The van der Waals surface area contributed by atoms with Crippen molar-refractivity contribution in [3.05, 3.63) is 287 Å². The van der Waals surface area contributed by atoms with Crippen LogP contribution in [0.1, 0.15) is 64.5 Å². The molecular weight excluding hydrogens is 1490 g/mol. The molecule has 3 aliphatic rings. The summed E-state index contributed by atoms with van der Waals surface area (Å²) in [7, 11) is 11.0. The van der Waals surface area contributed by atoms with Crippen molar-refractivity contribution in [3.63, 3.8) is 0 Å². The number of hydrogen-bond donors (Lipinski definition) is 1. The molecule has 0 amide bonds. The van der Waals surface area contributed by atoms with Crippen molar-refractivity contribution in [1.82, 2.24) is 0 Å². The molecule has 113 heavy (non-hydrogen) atoms. The van der Waals surface area contributed by atoms with E-state index in [1.165, 1.54) is 30.6 Å². The zero-order valence-electron chi connectivity index (χ0n) is 63.8. The third-order valence-corrected chi connectivity index (χ3v) is 22.3. The number of methoxy groups -OCH3 is 7. The number of esters is 3. The number of thioether (sulfide) groups is 2. The molecule has 0 saturated carbocycles. The number of carbonyl (C=O) groups excluding carboxylic acids is 3. The van der Waals surface area contributed by atoms with E-state index in [4.69, 9.17) is 90.0 Å². The van der Waals surface area contributed by atoms with Crippen LogP contribution in [0.2, 0.25) is 0 Å². The molecule has 3 saturated heterocycles. The molecule has 9 aromatic carbocycles. The van der Waals surface area contributed by atoms with Gasteiger partial charge < -0.3 is 95.1 Å². The Morgan fingerprint density at radius 3 is 0.885 bits per heavy atom. The Bertz CT molecular complexity index is 4350. The van der Waals surface area contributed by atoms with Gasteiger partial charge in [0.25, 0.3) is 0 Å². The fourth-order valence-corrected chi connectivity index (χ4v) is 16.0. The van der Waals surface area contributed by atoms with Gasteiger partial charge >= 0.3 is 17.9 Å². The number of aliphatic hydroxyl groups excluding tert-OH is 1. The van der Waals surface area contributed by atoms with Gasteiger partial charge in [0.05, 0.1) is 129 Å². The van der Waals surface area contributed by atoms with E-state index >= 15 is 0 Å². The summed E-state index contributed by atoms with van der Waals surface area (Å²) in [6.45, 7) is -0.397. The van der Waals surface area contributed by atoms with Crippen LogP contribution in [0.3, 0.4) is 0 Å². The fraction of sp³-hybridized carbons (Fsp3) is 0.352. The zero-order valence-corrected chi connectivity index (χ0v) is 65.4. The van der Waals surface area contributed by atoms with Crippen LogP contribution in [0.15, 0.2) is 237 Å². The van der Waals surface area contributed by atoms with E-state index in [0.29, 0.717) is 34.5 Å². The predicted molar refractivity (Wildman–Crippen MR) is 421 cm³/mol. The molecule has 12 rings (SSSR count). The third-order valence-electron chi connectivity index (χ3n) is 19.4. The van der Waals surface area contributed by atoms with Crippen LogP contribution in [0.25, 0.3) is 0 Å². The first kappa shape index (κ1) is 82.9. The monoisotopic (exact) mass is 1580 g/mol. The van der Waals surface area contributed by atoms with Crippen LogP contribution in [-0.4, -0.2) is 181 Å². The second-order valence-corrected chi connectivity index (χ2v) is 29.3. The molecule has 596 valence electrons. The molecule has 3 aliphatic heterocycles. The fourth-order valence-electron chi connectivity index (χ4n) is 13.2. The highest BCUT2D eigenvalue weighted by Gasteiger charge is 2.56. The van der Waals surface area contributed by atoms with Gasteiger partial charge in [-0.3, -0.25) is 0 Å². The van der Waals surface area contributed by atoms with E-state index in [0.717, 1.165) is 33.4 Å². The molecule has 0 unspecified atom stereocenters. The molecule has 23 nitrogen and oxygen atoms in total. The molecule has 0 aromatic heterocycles. The molecule has 3 fully saturated rings. The van der Waals surface area contributed by atoms with Gasteiger partial charge in [-0.1, -0.05) is 127 Å². The normalized spacial score (nSPS) is 23.4. The first-order valence-electron chi connectivity index (χ1n) is 36.9. The summed E-state index contributed by atoms with van der Waals surface area (Å²) < 4.78 is 124. The van der Waals surface area contributed by atoms with Gasteiger partial charge in [-0.05, 0) is 143 Å². The first-order valence-corrected chi connectivity index (χ1v) is 38.8. The number of aliphatic hydroxyl groups is 1. The number of benzene rings is 9. The maximum Gasteiger partial charge on any atom is 0.338 e. The quantitative estimate of drug-likeness (QED) is 0.0279. The number of carbonyl (C=O) groups is 3. The minimum Gasteiger partial charge on any atom is -0.497 e. The minimum absolute atomic E-state index is 0.0207. The molecule has 0 radical (unpaired) electrons. The number of rotatable bonds is 38. The first-order chi connectivity index (χ1) is 55.3. The van der Waals surface area contributed by atoms with Gasteiger partial charge in [-0.15, -0.1) is 23.5 Å². The van der Waals surface area contributed by atoms with E-state index in [1.54, 1.807) is 134 Å². The van der Waals surface area contributed by atoms with Gasteiger partial charge in [0.15, 0.2) is 24.6 Å². The van der Waals surface area contributed by atoms with Gasteiger partial charge in [0.1, 0.15) is 88.1 Å². The molecule has 0 bridgehead atoms. The third kappa shape index (κ3) is 22.5. The highest BCUT2D eigenvalue weighted by molar-refractivity contribution is 8.00. The summed E-state index contributed by atoms with van der Waals surface area (Å²) in [5.74, 6) is 1.49. The van der Waals surface area contributed by atoms with Crippen LogP contribution < -0.4 is 28.4 Å². The van der Waals surface area contributed by atoms with Crippen molar-refractivity contribution in [1.29, 1.82) is 0 Å². The van der Waals surface area contributed by atoms with Crippen molar-refractivity contribution < 1.29 is 109 Å². The lowest BCUT2D eigenvalue weighted by atomic mass is 9.97. The van der Waals surface area contributed by atoms with Crippen LogP contribution in [0.5, 0.6) is 34.5 Å². The van der Waals surface area contributed by atoms with Gasteiger partial charge in [0, 0.05) is 7.11 Å². The van der Waals surface area contributed by atoms with Crippen LogP contribution in [0.4, 0.5) is 0 Å². The lowest BCUT2D eigenvalue weighted by Crippen LogP contribution is -2.63. The Kier molecular flexibility index (Phi) is 30.8. The second kappa shape index (κ2) is 42.0. The largest absolute Gasteiger partial charge is 0.497 e. The lowest BCUT2D eigenvalue weighted by Gasteiger charge is -2.48. The number of hydrogen-bond acceptors (Lipinski definition) is 25. The lowest BCUT2D eigenvalue weighted by molar-refractivity contribution is -0.296. The SMILES string of the molecule is COc1ccc(CO[C@@H]2[C@@H](OCc3ccc(OC)cc3)[C@@H](OC[C@H]3S[C@H](OC[C@H]4O[C@H](OC)[C@H](OC(=O)c5ccccc5)[C@@H](OC(=O)c5ccccc5)[C@@H]4OC(=O)c4ccccc4)[C@H](OCc4ccc(OC)cc4)[C@@H](OCc4ccc(OC)cc4)[C@@H]3OCc3ccc(OC)cc3)S[C@H](CO)[C@H]2OCc2ccc(OC)cc2)cc1. The Balaban J connectivity index is 0.958. The minimum atomic E-state index is -1.61. The van der Waals surface area contributed by atoms with E-state index in [1.807, 2.05) is 146 Å². The Labute approximate surface area is 666 Å². The van der Waals surface area contributed by atoms with Gasteiger partial charge in [0.2, 0.25) is 0 Å². The molecule has 15 atom stereocenters. The van der Waals surface area contributed by atoms with E-state index < -0.39 is 113 Å². The molecule has 1 N–H and O–H groups in total. The molecule has 3 heterocycles. The highest BCUT2D eigenvalue weighted by Crippen LogP contribution is 2.45. The summed E-state index contributed by atoms with van der Waals surface area (Å²) in [5.41, 5.74) is 3.42. The van der Waals surface area contributed by atoms with Crippen LogP contribution in [-0.2, 0) is 101 Å². The summed E-state index contributed by atoms with van der Waals surface area (Å²) in [6, 6.07) is 70.0. The van der Waals surface area contributed by atoms with Crippen LogP contribution >= 0.6 is 23.5 Å². The number of ether oxygens (including phenoxy) is 19. The van der Waals surface area contributed by atoms with Gasteiger partial charge in [-0.25, -0.2) is 14.4 Å². The smallest absolute Gasteiger partial charge is 0.338 e. The van der Waals surface area contributed by atoms with Crippen molar-refractivity contribution >= 4 is 41.4 Å². The highest BCUT2D eigenvalue weighted by atomic mass is 32.2. The van der Waals surface area contributed by atoms with E-state index in [-0.39, 0.29) is 69.5 Å². The molecule has 25 heteroatoms. The van der Waals surface area contributed by atoms with Crippen molar-refractivity contribution in [2.75, 3.05) is 69.6 Å². The van der Waals surface area contributed by atoms with Gasteiger partial charge in [-0.2, -0.15) is 0 Å². The Morgan fingerprint density at radius 2 is 0.575 bits per heavy atom. The topological polar surface area (TPSA) is 247 Å². The summed E-state index contributed by atoms with van der Waals surface area (Å²) in [4.78, 5) is 43.7. The van der Waals surface area contributed by atoms with Crippen molar-refractivity contribution in [2.24, 2.45) is 0 Å². The van der Waals surface area contributed by atoms with Crippen molar-refractivity contribution in [3.8, 4) is 34.5 Å². The standard InChI is InChI=1S/C88H94O23S2/c1-93-65-35-23-56(24-36-65)48-100-75-72(47-89)112-88(81(104-52-60-31-43-69(97-5)44-32-60)77(75)102-50-58-27-39-67(95-3)40-28-58)107-55-73-76(101-49-57-25-37-66(94-2)38-26-57)78(103-51-59-29-41-68(96-4)42-30-59)82(105-53-61-33-45-70(98-6)46-34-61)87(113-73)106-54-71-74(109-83(90)62-17-11-8-12-18-62)79(110-84(91)63-19-13-9-14-20-63)80(86(99-7)108-71)111-85(92)64-21-15-10-16-22-64/h8-46,71-82,86-89H,47-55H2,1-7H3/t71-,72-,73-,74-,75-,76-,77+,78+,79+,80-,81-,82-,86+,87+,88+/m1/s1. The van der Waals surface area contributed by atoms with Crippen LogP contribution in [0, 0.1) is 0 Å². The summed E-state index contributed by atoms with van der Waals surface area (Å²) >= 11 is 2.70. The summed E-state index contributed by atoms with van der Waals surface area (Å²) in [6.07, 6.45) is -13.1. The molecule has 9 aromatic rings. The van der Waals surface area contributed by atoms with E-state index in [2.05, 4.69) is 0 Å². The average molecular weight is 1580 g/mol.